The fourth-order valence-electron chi connectivity index (χ4n) is 1.79. The van der Waals surface area contributed by atoms with Gasteiger partial charge in [0, 0.05) is 4.90 Å². The molecule has 0 aliphatic rings. The summed E-state index contributed by atoms with van der Waals surface area (Å²) in [6.45, 7) is 2.99. The molecule has 0 aromatic heterocycles. The third kappa shape index (κ3) is 3.88. The molecule has 0 fully saturated rings. The minimum Gasteiger partial charge on any atom is -0.330 e. The molecule has 0 aliphatic heterocycles. The summed E-state index contributed by atoms with van der Waals surface area (Å²) in [6.07, 6.45) is 5.78. The maximum absolute atomic E-state index is 5.55. The van der Waals surface area contributed by atoms with E-state index in [9.17, 15) is 0 Å². The number of aryl methyl sites for hydroxylation is 1. The van der Waals surface area contributed by atoms with Gasteiger partial charge in [-0.05, 0) is 49.4 Å². The average molecular weight is 223 g/mol. The molecule has 0 saturated heterocycles. The molecule has 0 heterocycles. The molecule has 2 heteroatoms. The van der Waals surface area contributed by atoms with E-state index in [-0.39, 0.29) is 0 Å². The van der Waals surface area contributed by atoms with Gasteiger partial charge in [0.25, 0.3) is 0 Å². The quantitative estimate of drug-likeness (QED) is 0.712. The molecule has 0 unspecified atom stereocenters. The molecule has 2 N–H and O–H groups in total. The van der Waals surface area contributed by atoms with Gasteiger partial charge >= 0.3 is 0 Å². The van der Waals surface area contributed by atoms with Crippen LogP contribution >= 0.6 is 12.6 Å². The van der Waals surface area contributed by atoms with E-state index < -0.39 is 0 Å². The molecule has 1 aromatic rings. The van der Waals surface area contributed by atoms with Crippen LogP contribution in [-0.4, -0.2) is 6.54 Å². The highest BCUT2D eigenvalue weighted by Gasteiger charge is 2.04. The number of thiol groups is 1. The third-order valence-electron chi connectivity index (χ3n) is 2.68. The Hall–Kier alpha value is -0.470. The number of benzene rings is 1. The van der Waals surface area contributed by atoms with E-state index in [1.54, 1.807) is 0 Å². The molecule has 15 heavy (non-hydrogen) atoms. The van der Waals surface area contributed by atoms with Gasteiger partial charge < -0.3 is 5.73 Å². The van der Waals surface area contributed by atoms with E-state index in [1.165, 1.54) is 24.0 Å². The van der Waals surface area contributed by atoms with Crippen LogP contribution in [0.2, 0.25) is 0 Å². The maximum Gasteiger partial charge on any atom is 0.00747 e. The van der Waals surface area contributed by atoms with Crippen LogP contribution in [0.5, 0.6) is 0 Å². The SMILES string of the molecule is CCCCc1c(S)cccc1CCCN. The summed E-state index contributed by atoms with van der Waals surface area (Å²) < 4.78 is 0. The molecule has 0 spiro atoms. The van der Waals surface area contributed by atoms with Gasteiger partial charge in [-0.25, -0.2) is 0 Å². The molecule has 0 saturated carbocycles. The Kier molecular flexibility index (Phi) is 5.81. The first kappa shape index (κ1) is 12.6. The van der Waals surface area contributed by atoms with Crippen LogP contribution in [0.25, 0.3) is 0 Å². The molecular formula is C13H21NS. The van der Waals surface area contributed by atoms with Crippen molar-refractivity contribution in [3.8, 4) is 0 Å². The first-order chi connectivity index (χ1) is 7.29. The summed E-state index contributed by atoms with van der Waals surface area (Å²) in [4.78, 5) is 1.14. The molecule has 0 aliphatic carbocycles. The molecule has 0 amide bonds. The lowest BCUT2D eigenvalue weighted by atomic mass is 9.98. The average Bonchev–Trinajstić information content (AvgIpc) is 2.25. The predicted octanol–water partition coefficient (Wildman–Crippen LogP) is 3.21. The van der Waals surface area contributed by atoms with Crippen LogP contribution < -0.4 is 5.73 Å². The topological polar surface area (TPSA) is 26.0 Å². The number of hydrogen-bond donors (Lipinski definition) is 2. The molecule has 0 radical (unpaired) electrons. The summed E-state index contributed by atoms with van der Waals surface area (Å²) in [7, 11) is 0. The monoisotopic (exact) mass is 223 g/mol. The first-order valence-corrected chi connectivity index (χ1v) is 6.24. The van der Waals surface area contributed by atoms with Crippen molar-refractivity contribution in [1.29, 1.82) is 0 Å². The van der Waals surface area contributed by atoms with Gasteiger partial charge in [0.1, 0.15) is 0 Å². The first-order valence-electron chi connectivity index (χ1n) is 5.79. The van der Waals surface area contributed by atoms with Gasteiger partial charge in [-0.2, -0.15) is 0 Å². The summed E-state index contributed by atoms with van der Waals surface area (Å²) in [5.74, 6) is 0. The normalized spacial score (nSPS) is 10.6. The highest BCUT2D eigenvalue weighted by molar-refractivity contribution is 7.80. The third-order valence-corrected chi connectivity index (χ3v) is 3.10. The molecule has 84 valence electrons. The van der Waals surface area contributed by atoms with Crippen LogP contribution in [0.4, 0.5) is 0 Å². The van der Waals surface area contributed by atoms with Crippen molar-refractivity contribution in [3.63, 3.8) is 0 Å². The molecule has 1 rings (SSSR count). The summed E-state index contributed by atoms with van der Waals surface area (Å²) in [5.41, 5.74) is 8.40. The van der Waals surface area contributed by atoms with Gasteiger partial charge in [-0.15, -0.1) is 12.6 Å². The van der Waals surface area contributed by atoms with Crippen LogP contribution in [0.15, 0.2) is 23.1 Å². The second kappa shape index (κ2) is 6.91. The number of nitrogens with two attached hydrogens (primary N) is 1. The summed E-state index contributed by atoms with van der Waals surface area (Å²) >= 11 is 4.53. The smallest absolute Gasteiger partial charge is 0.00747 e. The molecule has 1 nitrogen and oxygen atoms in total. The van der Waals surface area contributed by atoms with E-state index >= 15 is 0 Å². The predicted molar refractivity (Wildman–Crippen MR) is 69.7 cm³/mol. The van der Waals surface area contributed by atoms with E-state index in [4.69, 9.17) is 5.73 Å². The van der Waals surface area contributed by atoms with Gasteiger partial charge in [-0.3, -0.25) is 0 Å². The van der Waals surface area contributed by atoms with Crippen LogP contribution in [0.1, 0.15) is 37.3 Å². The Morgan fingerprint density at radius 3 is 2.67 bits per heavy atom. The maximum atomic E-state index is 5.55. The number of unbranched alkanes of at least 4 members (excludes halogenated alkanes) is 1. The van der Waals surface area contributed by atoms with Gasteiger partial charge in [0.05, 0.1) is 0 Å². The van der Waals surface area contributed by atoms with Gasteiger partial charge in [-0.1, -0.05) is 25.5 Å². The van der Waals surface area contributed by atoms with Crippen LogP contribution in [0.3, 0.4) is 0 Å². The fourth-order valence-corrected chi connectivity index (χ4v) is 2.13. The Bertz CT molecular complexity index is 297. The van der Waals surface area contributed by atoms with Crippen molar-refractivity contribution in [2.24, 2.45) is 5.73 Å². The van der Waals surface area contributed by atoms with E-state index in [2.05, 4.69) is 37.8 Å². The highest BCUT2D eigenvalue weighted by Crippen LogP contribution is 2.21. The Balaban J connectivity index is 2.77. The lowest BCUT2D eigenvalue weighted by Crippen LogP contribution is -2.03. The zero-order chi connectivity index (χ0) is 11.1. The van der Waals surface area contributed by atoms with Gasteiger partial charge in [0.15, 0.2) is 0 Å². The van der Waals surface area contributed by atoms with Crippen molar-refractivity contribution < 1.29 is 0 Å². The lowest BCUT2D eigenvalue weighted by Gasteiger charge is -2.11. The fraction of sp³-hybridized carbons (Fsp3) is 0.538. The van der Waals surface area contributed by atoms with E-state index in [0.717, 1.165) is 30.7 Å². The molecular weight excluding hydrogens is 202 g/mol. The van der Waals surface area contributed by atoms with Crippen molar-refractivity contribution in [1.82, 2.24) is 0 Å². The van der Waals surface area contributed by atoms with Gasteiger partial charge in [0.2, 0.25) is 0 Å². The van der Waals surface area contributed by atoms with E-state index in [1.807, 2.05) is 0 Å². The molecule has 0 bridgehead atoms. The van der Waals surface area contributed by atoms with Crippen molar-refractivity contribution >= 4 is 12.6 Å². The second-order valence-electron chi connectivity index (χ2n) is 3.91. The zero-order valence-corrected chi connectivity index (χ0v) is 10.4. The summed E-state index contributed by atoms with van der Waals surface area (Å²) in [6, 6.07) is 6.38. The van der Waals surface area contributed by atoms with Crippen LogP contribution in [0, 0.1) is 0 Å². The number of rotatable bonds is 6. The van der Waals surface area contributed by atoms with Crippen molar-refractivity contribution in [2.75, 3.05) is 6.54 Å². The largest absolute Gasteiger partial charge is 0.330 e. The Morgan fingerprint density at radius 2 is 2.00 bits per heavy atom. The van der Waals surface area contributed by atoms with E-state index in [0.29, 0.717) is 0 Å². The minimum absolute atomic E-state index is 0.768. The highest BCUT2D eigenvalue weighted by atomic mass is 32.1. The number of hydrogen-bond acceptors (Lipinski definition) is 2. The molecule has 1 aromatic carbocycles. The zero-order valence-electron chi connectivity index (χ0n) is 9.50. The minimum atomic E-state index is 0.768. The van der Waals surface area contributed by atoms with Crippen molar-refractivity contribution in [2.45, 2.75) is 43.9 Å². The second-order valence-corrected chi connectivity index (χ2v) is 4.39. The lowest BCUT2D eigenvalue weighted by molar-refractivity contribution is 0.760. The Morgan fingerprint density at radius 1 is 1.20 bits per heavy atom. The Labute approximate surface area is 98.5 Å². The van der Waals surface area contributed by atoms with Crippen molar-refractivity contribution in [3.05, 3.63) is 29.3 Å². The van der Waals surface area contributed by atoms with Crippen LogP contribution in [-0.2, 0) is 12.8 Å². The molecule has 0 atom stereocenters. The summed E-state index contributed by atoms with van der Waals surface area (Å²) in [5, 5.41) is 0. The standard InChI is InChI=1S/C13H21NS/c1-2-3-8-12-11(7-5-10-14)6-4-9-13(12)15/h4,6,9,15H,2-3,5,7-8,10,14H2,1H3.